The van der Waals surface area contributed by atoms with Gasteiger partial charge in [0.1, 0.15) is 22.1 Å². The minimum absolute atomic E-state index is 0.0868. The second-order valence-corrected chi connectivity index (χ2v) is 12.7. The van der Waals surface area contributed by atoms with Crippen molar-refractivity contribution in [2.24, 2.45) is 0 Å². The first-order valence-corrected chi connectivity index (χ1v) is 13.3. The SMILES string of the molecule is CS(=O)C(C[C@](C=O)(NC(=O)OC(C)(C)C)N(CCCC=O)C(=O)OC(C)(C)C)[S@](C)=O. The van der Waals surface area contributed by atoms with E-state index in [0.717, 1.165) is 4.90 Å². The molecule has 0 aromatic carbocycles. The van der Waals surface area contributed by atoms with E-state index >= 15 is 0 Å². The lowest BCUT2D eigenvalue weighted by Crippen LogP contribution is -2.66. The third-order valence-electron chi connectivity index (χ3n) is 3.93. The first-order valence-electron chi connectivity index (χ1n) is 10.0. The molecule has 0 saturated heterocycles. The number of nitrogens with zero attached hydrogens (tertiary/aromatic N) is 1. The molecule has 0 bridgehead atoms. The number of carbonyl (C=O) groups is 4. The van der Waals surface area contributed by atoms with Gasteiger partial charge < -0.3 is 14.3 Å². The molecule has 0 aliphatic rings. The summed E-state index contributed by atoms with van der Waals surface area (Å²) >= 11 is 0. The highest BCUT2D eigenvalue weighted by Crippen LogP contribution is 2.25. The maximum absolute atomic E-state index is 13.1. The Hall–Kier alpha value is -1.82. The van der Waals surface area contributed by atoms with E-state index in [0.29, 0.717) is 12.6 Å². The lowest BCUT2D eigenvalue weighted by molar-refractivity contribution is -0.121. The molecule has 0 fully saturated rings. The summed E-state index contributed by atoms with van der Waals surface area (Å²) in [6.07, 6.45) is 1.51. The molecule has 10 nitrogen and oxygen atoms in total. The maximum Gasteiger partial charge on any atom is 0.412 e. The molecule has 2 unspecified atom stereocenters. The van der Waals surface area contributed by atoms with E-state index in [9.17, 15) is 27.6 Å². The molecular formula is C20H36N2O8S2. The van der Waals surface area contributed by atoms with Crippen molar-refractivity contribution in [2.75, 3.05) is 19.1 Å². The Morgan fingerprint density at radius 1 is 0.969 bits per heavy atom. The van der Waals surface area contributed by atoms with Crippen LogP contribution in [0.2, 0.25) is 0 Å². The highest BCUT2D eigenvalue weighted by atomic mass is 32.2. The van der Waals surface area contributed by atoms with Crippen LogP contribution in [0.1, 0.15) is 60.8 Å². The van der Waals surface area contributed by atoms with E-state index in [1.54, 1.807) is 41.5 Å². The second kappa shape index (κ2) is 12.4. The van der Waals surface area contributed by atoms with E-state index in [1.807, 2.05) is 0 Å². The third-order valence-corrected chi connectivity index (χ3v) is 7.37. The topological polar surface area (TPSA) is 136 Å². The molecule has 0 aliphatic carbocycles. The van der Waals surface area contributed by atoms with Crippen LogP contribution >= 0.6 is 0 Å². The van der Waals surface area contributed by atoms with E-state index in [1.165, 1.54) is 12.5 Å². The molecule has 186 valence electrons. The fraction of sp³-hybridized carbons (Fsp3) is 0.800. The second-order valence-electron chi connectivity index (χ2n) is 9.24. The van der Waals surface area contributed by atoms with Gasteiger partial charge in [0.25, 0.3) is 0 Å². The lowest BCUT2D eigenvalue weighted by Gasteiger charge is -2.42. The summed E-state index contributed by atoms with van der Waals surface area (Å²) < 4.78 is 34.1. The number of alkyl carbamates (subject to hydrolysis) is 1. The van der Waals surface area contributed by atoms with Crippen LogP contribution in [0.4, 0.5) is 9.59 Å². The molecule has 0 radical (unpaired) electrons. The van der Waals surface area contributed by atoms with Crippen LogP contribution in [-0.2, 0) is 40.7 Å². The Bertz CT molecular complexity index is 716. The summed E-state index contributed by atoms with van der Waals surface area (Å²) in [7, 11) is -3.32. The van der Waals surface area contributed by atoms with E-state index in [-0.39, 0.29) is 19.4 Å². The number of unbranched alkanes of at least 4 members (excludes halogenated alkanes) is 1. The van der Waals surface area contributed by atoms with Crippen LogP contribution in [0.25, 0.3) is 0 Å². The first kappa shape index (κ1) is 30.2. The van der Waals surface area contributed by atoms with Gasteiger partial charge in [-0.3, -0.25) is 23.4 Å². The zero-order valence-electron chi connectivity index (χ0n) is 20.1. The minimum Gasteiger partial charge on any atom is -0.444 e. The smallest absolute Gasteiger partial charge is 0.412 e. The Kier molecular flexibility index (Phi) is 11.7. The van der Waals surface area contributed by atoms with Crippen molar-refractivity contribution >= 4 is 46.4 Å². The molecule has 2 amide bonds. The van der Waals surface area contributed by atoms with Crippen molar-refractivity contribution in [3.8, 4) is 0 Å². The summed E-state index contributed by atoms with van der Waals surface area (Å²) in [6, 6.07) is 0. The van der Waals surface area contributed by atoms with Crippen LogP contribution in [0, 0.1) is 0 Å². The molecule has 0 aliphatic heterocycles. The van der Waals surface area contributed by atoms with Crippen molar-refractivity contribution in [2.45, 2.75) is 82.3 Å². The van der Waals surface area contributed by atoms with E-state index in [4.69, 9.17) is 9.47 Å². The van der Waals surface area contributed by atoms with Gasteiger partial charge >= 0.3 is 12.2 Å². The Balaban J connectivity index is 6.50. The van der Waals surface area contributed by atoms with Crippen molar-refractivity contribution in [1.29, 1.82) is 0 Å². The largest absolute Gasteiger partial charge is 0.444 e. The van der Waals surface area contributed by atoms with Crippen molar-refractivity contribution < 1.29 is 37.1 Å². The van der Waals surface area contributed by atoms with Gasteiger partial charge in [0.2, 0.25) is 0 Å². The molecule has 0 aromatic heterocycles. The zero-order valence-corrected chi connectivity index (χ0v) is 21.7. The predicted molar refractivity (Wildman–Crippen MR) is 123 cm³/mol. The van der Waals surface area contributed by atoms with Gasteiger partial charge in [0.05, 0.1) is 0 Å². The van der Waals surface area contributed by atoms with Crippen LogP contribution < -0.4 is 5.32 Å². The monoisotopic (exact) mass is 496 g/mol. The number of hydrogen-bond donors (Lipinski definition) is 1. The van der Waals surface area contributed by atoms with Crippen LogP contribution in [0.15, 0.2) is 0 Å². The fourth-order valence-corrected chi connectivity index (χ4v) is 5.14. The molecule has 32 heavy (non-hydrogen) atoms. The van der Waals surface area contributed by atoms with Gasteiger partial charge in [0, 0.05) is 53.5 Å². The van der Waals surface area contributed by atoms with E-state index < -0.39 is 61.7 Å². The van der Waals surface area contributed by atoms with Gasteiger partial charge in [-0.15, -0.1) is 0 Å². The predicted octanol–water partition coefficient (Wildman–Crippen LogP) is 2.10. The van der Waals surface area contributed by atoms with E-state index in [2.05, 4.69) is 5.32 Å². The van der Waals surface area contributed by atoms with Crippen LogP contribution in [0.5, 0.6) is 0 Å². The zero-order chi connectivity index (χ0) is 25.3. The number of rotatable bonds is 11. The molecule has 4 atom stereocenters. The molecule has 12 heteroatoms. The number of carbonyl (C=O) groups excluding carboxylic acids is 4. The van der Waals surface area contributed by atoms with Gasteiger partial charge in [-0.1, -0.05) is 0 Å². The van der Waals surface area contributed by atoms with Crippen molar-refractivity contribution in [1.82, 2.24) is 10.2 Å². The number of nitrogens with one attached hydrogen (secondary N) is 1. The quantitative estimate of drug-likeness (QED) is 0.261. The number of ether oxygens (including phenoxy) is 2. The van der Waals surface area contributed by atoms with Crippen molar-refractivity contribution in [3.63, 3.8) is 0 Å². The molecule has 1 N–H and O–H groups in total. The maximum atomic E-state index is 13.1. The summed E-state index contributed by atoms with van der Waals surface area (Å²) in [4.78, 5) is 49.9. The minimum atomic E-state index is -2.07. The molecule has 0 aromatic rings. The van der Waals surface area contributed by atoms with Gasteiger partial charge in [0.15, 0.2) is 11.9 Å². The summed E-state index contributed by atoms with van der Waals surface area (Å²) in [5.41, 5.74) is -3.91. The average molecular weight is 497 g/mol. The average Bonchev–Trinajstić information content (AvgIpc) is 2.58. The highest BCUT2D eigenvalue weighted by Gasteiger charge is 2.47. The standard InChI is InChI=1S/C20H36N2O8S2/c1-18(2,3)29-16(25)21-20(14-24,13-15(31(7)27)32(8)28)22(11-9-10-12-23)17(26)30-19(4,5)6/h12,14-15H,9-11,13H2,1-8H3,(H,21,25)/t15?,20-,31-,32?/m0/s1. The van der Waals surface area contributed by atoms with Gasteiger partial charge in [-0.25, -0.2) is 9.59 Å². The highest BCUT2D eigenvalue weighted by molar-refractivity contribution is 8.02. The van der Waals surface area contributed by atoms with Gasteiger partial charge in [-0.05, 0) is 48.0 Å². The summed E-state index contributed by atoms with van der Waals surface area (Å²) in [6.45, 7) is 9.61. The third kappa shape index (κ3) is 10.7. The van der Waals surface area contributed by atoms with Crippen LogP contribution in [0.3, 0.4) is 0 Å². The van der Waals surface area contributed by atoms with Crippen molar-refractivity contribution in [3.05, 3.63) is 0 Å². The Labute approximate surface area is 195 Å². The number of aldehydes is 2. The summed E-state index contributed by atoms with van der Waals surface area (Å²) in [5.74, 6) is 0. The molecule has 0 heterocycles. The molecule has 0 saturated carbocycles. The van der Waals surface area contributed by atoms with Gasteiger partial charge in [-0.2, -0.15) is 0 Å². The lowest BCUT2D eigenvalue weighted by atomic mass is 10.1. The fourth-order valence-electron chi connectivity index (χ4n) is 2.63. The summed E-state index contributed by atoms with van der Waals surface area (Å²) in [5, 5.41) is 2.41. The first-order chi connectivity index (χ1) is 14.5. The number of amides is 2. The van der Waals surface area contributed by atoms with Crippen LogP contribution in [-0.4, -0.2) is 78.6 Å². The Morgan fingerprint density at radius 2 is 1.47 bits per heavy atom. The normalized spacial score (nSPS) is 16.6. The molecule has 0 rings (SSSR count). The molecule has 0 spiro atoms. The number of hydrogen-bond acceptors (Lipinski definition) is 8. The molecular weight excluding hydrogens is 460 g/mol. The Morgan fingerprint density at radius 3 is 1.84 bits per heavy atom.